The summed E-state index contributed by atoms with van der Waals surface area (Å²) in [5, 5.41) is 0. The van der Waals surface area contributed by atoms with Crippen LogP contribution in [0.4, 0.5) is 0 Å². The predicted octanol–water partition coefficient (Wildman–Crippen LogP) is 14.1. The first-order valence-electron chi connectivity index (χ1n) is 24.0. The van der Waals surface area contributed by atoms with Gasteiger partial charge in [0.25, 0.3) is 0 Å². The summed E-state index contributed by atoms with van der Waals surface area (Å²) in [6.45, 7) is 4.23. The van der Waals surface area contributed by atoms with Crippen molar-refractivity contribution in [3.05, 3.63) is 97.2 Å². The number of carbonyl (C=O) groups is 2. The van der Waals surface area contributed by atoms with Gasteiger partial charge in [0.15, 0.2) is 6.10 Å². The van der Waals surface area contributed by atoms with E-state index in [4.69, 9.17) is 18.5 Å². The molecule has 0 amide bonds. The van der Waals surface area contributed by atoms with Crippen molar-refractivity contribution in [2.75, 3.05) is 47.5 Å². The van der Waals surface area contributed by atoms with E-state index >= 15 is 0 Å². The number of ether oxygens (including phenoxy) is 2. The van der Waals surface area contributed by atoms with Crippen LogP contribution in [0.3, 0.4) is 0 Å². The monoisotopic (exact) mass is 887 g/mol. The molecule has 0 heterocycles. The lowest BCUT2D eigenvalue weighted by Crippen LogP contribution is -2.37. The number of esters is 2. The number of likely N-dealkylation sites (N-methyl/N-ethyl adjacent to an activating group) is 1. The molecule has 0 aromatic rings. The summed E-state index contributed by atoms with van der Waals surface area (Å²) in [5.41, 5.74) is 0. The fourth-order valence-electron chi connectivity index (χ4n) is 5.82. The zero-order valence-electron chi connectivity index (χ0n) is 39.8. The summed E-state index contributed by atoms with van der Waals surface area (Å²) in [6.07, 6.45) is 57.5. The van der Waals surface area contributed by atoms with E-state index in [9.17, 15) is 19.0 Å². The van der Waals surface area contributed by atoms with Crippen molar-refractivity contribution in [2.24, 2.45) is 0 Å². The van der Waals surface area contributed by atoms with Gasteiger partial charge in [-0.05, 0) is 89.9 Å². The smallest absolute Gasteiger partial charge is 0.462 e. The number of unbranched alkanes of at least 4 members (excludes halogenated alkanes) is 12. The molecule has 0 spiro atoms. The van der Waals surface area contributed by atoms with E-state index in [1.807, 2.05) is 21.1 Å². The van der Waals surface area contributed by atoms with Crippen LogP contribution in [0.25, 0.3) is 0 Å². The second-order valence-corrected chi connectivity index (χ2v) is 18.2. The van der Waals surface area contributed by atoms with Crippen molar-refractivity contribution in [3.63, 3.8) is 0 Å². The average Bonchev–Trinajstić information content (AvgIpc) is 3.23. The molecule has 0 fully saturated rings. The fourth-order valence-corrected chi connectivity index (χ4v) is 6.56. The van der Waals surface area contributed by atoms with E-state index in [0.29, 0.717) is 23.9 Å². The Morgan fingerprint density at radius 2 is 0.919 bits per heavy atom. The molecule has 62 heavy (non-hydrogen) atoms. The van der Waals surface area contributed by atoms with E-state index in [-0.39, 0.29) is 26.1 Å². The molecule has 2 atom stereocenters. The van der Waals surface area contributed by atoms with Gasteiger partial charge >= 0.3 is 19.8 Å². The Kier molecular flexibility index (Phi) is 41.1. The van der Waals surface area contributed by atoms with Crippen LogP contribution >= 0.6 is 7.82 Å². The van der Waals surface area contributed by atoms with Crippen molar-refractivity contribution < 1.29 is 42.1 Å². The molecule has 0 aliphatic heterocycles. The van der Waals surface area contributed by atoms with Gasteiger partial charge in [-0.3, -0.25) is 18.6 Å². The Labute approximate surface area is 379 Å². The van der Waals surface area contributed by atoms with Crippen LogP contribution in [0.5, 0.6) is 0 Å². The predicted molar refractivity (Wildman–Crippen MR) is 261 cm³/mol. The summed E-state index contributed by atoms with van der Waals surface area (Å²) in [7, 11) is 1.41. The van der Waals surface area contributed by atoms with Crippen LogP contribution in [0.15, 0.2) is 97.2 Å². The number of allylic oxidation sites excluding steroid dienone is 16. The summed E-state index contributed by atoms with van der Waals surface area (Å²) in [4.78, 5) is 35.4. The third-order valence-electron chi connectivity index (χ3n) is 9.57. The van der Waals surface area contributed by atoms with Gasteiger partial charge in [-0.15, -0.1) is 0 Å². The molecule has 0 saturated heterocycles. The lowest BCUT2D eigenvalue weighted by atomic mass is 10.1. The Balaban J connectivity index is 4.48. The molecule has 0 aliphatic carbocycles. The van der Waals surface area contributed by atoms with Gasteiger partial charge in [-0.1, -0.05) is 162 Å². The molecule has 0 rings (SSSR count). The first-order valence-corrected chi connectivity index (χ1v) is 25.5. The summed E-state index contributed by atoms with van der Waals surface area (Å²) in [5.74, 6) is -0.909. The van der Waals surface area contributed by atoms with Crippen LogP contribution in [0.2, 0.25) is 0 Å². The number of carbonyl (C=O) groups excluding carboxylic acids is 2. The standard InChI is InChI=1S/C52H88NO8P/c1-6-8-10-12-14-16-18-20-22-24-25-26-27-29-30-32-34-36-38-40-42-44-51(54)58-48-50(49-60-62(56,57)59-47-46-53(3,4)5)61-52(55)45-43-41-39-37-35-33-31-28-23-21-19-17-15-13-11-9-7-2/h11,13,17,19,22-24,26-28,30,32-33,35-36,38,50H,6-10,12,14-16,18,20-21,25,29,31,34,37,39-49H2,1-5H3/p+1/b13-11+,19-17+,24-22+,27-26+,28-23+,32-30+,35-33+,38-36+/t50-/m1/s1. The maximum absolute atomic E-state index is 12.7. The molecule has 0 radical (unpaired) electrons. The lowest BCUT2D eigenvalue weighted by molar-refractivity contribution is -0.870. The molecule has 0 saturated carbocycles. The molecular weight excluding hydrogens is 798 g/mol. The van der Waals surface area contributed by atoms with Crippen molar-refractivity contribution in [1.82, 2.24) is 0 Å². The van der Waals surface area contributed by atoms with Gasteiger partial charge in [-0.2, -0.15) is 0 Å². The Bertz CT molecular complexity index is 1370. The van der Waals surface area contributed by atoms with E-state index in [0.717, 1.165) is 70.6 Å². The molecule has 354 valence electrons. The summed E-state index contributed by atoms with van der Waals surface area (Å²) < 4.78 is 34.3. The number of quaternary nitrogens is 1. The molecule has 10 heteroatoms. The van der Waals surface area contributed by atoms with Crippen molar-refractivity contribution in [3.8, 4) is 0 Å². The minimum absolute atomic E-state index is 0.0112. The molecule has 9 nitrogen and oxygen atoms in total. The van der Waals surface area contributed by atoms with Gasteiger partial charge in [-0.25, -0.2) is 4.57 Å². The molecule has 0 bridgehead atoms. The average molecular weight is 887 g/mol. The zero-order chi connectivity index (χ0) is 45.7. The van der Waals surface area contributed by atoms with Crippen molar-refractivity contribution in [2.45, 2.75) is 174 Å². The molecule has 1 N–H and O–H groups in total. The number of rotatable bonds is 42. The topological polar surface area (TPSA) is 108 Å². The largest absolute Gasteiger partial charge is 0.472 e. The summed E-state index contributed by atoms with van der Waals surface area (Å²) in [6, 6.07) is 0. The lowest BCUT2D eigenvalue weighted by Gasteiger charge is -2.24. The number of phosphoric ester groups is 1. The molecule has 1 unspecified atom stereocenters. The van der Waals surface area contributed by atoms with E-state index in [2.05, 4.69) is 111 Å². The number of hydrogen-bond acceptors (Lipinski definition) is 7. The quantitative estimate of drug-likeness (QED) is 0.0212. The minimum Gasteiger partial charge on any atom is -0.462 e. The molecular formula is C52H89NO8P+. The van der Waals surface area contributed by atoms with Crippen molar-refractivity contribution in [1.29, 1.82) is 0 Å². The van der Waals surface area contributed by atoms with E-state index in [1.54, 1.807) is 0 Å². The molecule has 0 aliphatic rings. The second kappa shape index (κ2) is 43.2. The van der Waals surface area contributed by atoms with Gasteiger partial charge < -0.3 is 18.9 Å². The second-order valence-electron chi connectivity index (χ2n) is 16.8. The molecule has 0 aromatic carbocycles. The van der Waals surface area contributed by atoms with E-state index < -0.39 is 32.5 Å². The van der Waals surface area contributed by atoms with Gasteiger partial charge in [0.05, 0.1) is 27.7 Å². The van der Waals surface area contributed by atoms with Crippen LogP contribution < -0.4 is 0 Å². The highest BCUT2D eigenvalue weighted by atomic mass is 31.2. The third kappa shape index (κ3) is 46.4. The Hall–Kier alpha value is -3.07. The van der Waals surface area contributed by atoms with Gasteiger partial charge in [0.2, 0.25) is 0 Å². The fraction of sp³-hybridized carbons (Fsp3) is 0.654. The normalized spacial score (nSPS) is 14.4. The Morgan fingerprint density at radius 3 is 1.40 bits per heavy atom. The summed E-state index contributed by atoms with van der Waals surface area (Å²) >= 11 is 0. The first-order chi connectivity index (χ1) is 30.0. The highest BCUT2D eigenvalue weighted by molar-refractivity contribution is 7.47. The van der Waals surface area contributed by atoms with Crippen molar-refractivity contribution >= 4 is 19.8 Å². The minimum atomic E-state index is -4.41. The van der Waals surface area contributed by atoms with Crippen LogP contribution in [0.1, 0.15) is 168 Å². The maximum atomic E-state index is 12.7. The maximum Gasteiger partial charge on any atom is 0.472 e. The highest BCUT2D eigenvalue weighted by Crippen LogP contribution is 2.43. The molecule has 0 aromatic heterocycles. The Morgan fingerprint density at radius 1 is 0.500 bits per heavy atom. The van der Waals surface area contributed by atoms with Crippen LogP contribution in [0, 0.1) is 0 Å². The highest BCUT2D eigenvalue weighted by Gasteiger charge is 2.27. The number of nitrogens with zero attached hydrogens (tertiary/aromatic N) is 1. The SMILES string of the molecule is CCC/C=C/C/C=C/C/C=C/C/C=C/CCCCCC(=O)O[C@H](COC(=O)CCC/C=C/C/C=C/C/C=C/C/C=C/CCCCCCCCC)COP(=O)(O)OCC[N+](C)(C)C. The third-order valence-corrected chi connectivity index (χ3v) is 10.6. The van der Waals surface area contributed by atoms with E-state index in [1.165, 1.54) is 57.8 Å². The van der Waals surface area contributed by atoms with Gasteiger partial charge in [0, 0.05) is 12.8 Å². The first kappa shape index (κ1) is 58.9. The van der Waals surface area contributed by atoms with Crippen LogP contribution in [-0.4, -0.2) is 74.9 Å². The number of phosphoric acid groups is 1. The van der Waals surface area contributed by atoms with Gasteiger partial charge in [0.1, 0.15) is 19.8 Å². The zero-order valence-corrected chi connectivity index (χ0v) is 40.7. The van der Waals surface area contributed by atoms with Crippen LogP contribution in [-0.2, 0) is 32.7 Å². The number of hydrogen-bond donors (Lipinski definition) is 1.